The molecule has 92 valence electrons. The molecule has 0 saturated heterocycles. The van der Waals surface area contributed by atoms with E-state index in [1.165, 1.54) is 19.6 Å². The monoisotopic (exact) mass is 368 g/mol. The Balaban J connectivity index is 2.28. The van der Waals surface area contributed by atoms with Gasteiger partial charge in [0, 0.05) is 19.6 Å². The lowest BCUT2D eigenvalue weighted by Crippen LogP contribution is -2.29. The number of rotatable bonds is 7. The highest BCUT2D eigenvalue weighted by atomic mass is 79.9. The van der Waals surface area contributed by atoms with Crippen molar-refractivity contribution in [2.24, 2.45) is 0 Å². The van der Waals surface area contributed by atoms with Gasteiger partial charge in [-0.25, -0.2) is 0 Å². The van der Waals surface area contributed by atoms with Crippen LogP contribution in [0.1, 0.15) is 18.9 Å². The SMILES string of the molecule is CCCNCCN(C)Cc1cc(Br)sc1Br. The highest BCUT2D eigenvalue weighted by Crippen LogP contribution is 2.32. The first-order chi connectivity index (χ1) is 7.63. The summed E-state index contributed by atoms with van der Waals surface area (Å²) in [5.74, 6) is 0. The molecule has 0 aliphatic heterocycles. The van der Waals surface area contributed by atoms with Crippen LogP contribution in [0.3, 0.4) is 0 Å². The molecule has 1 heterocycles. The molecule has 2 nitrogen and oxygen atoms in total. The highest BCUT2D eigenvalue weighted by molar-refractivity contribution is 9.12. The van der Waals surface area contributed by atoms with E-state index in [1.807, 2.05) is 0 Å². The topological polar surface area (TPSA) is 15.3 Å². The molecule has 0 spiro atoms. The quantitative estimate of drug-likeness (QED) is 0.737. The van der Waals surface area contributed by atoms with Gasteiger partial charge in [-0.05, 0) is 63.5 Å². The third kappa shape index (κ3) is 5.27. The molecule has 0 atom stereocenters. The van der Waals surface area contributed by atoms with Crippen LogP contribution in [-0.2, 0) is 6.54 Å². The van der Waals surface area contributed by atoms with Crippen molar-refractivity contribution in [3.8, 4) is 0 Å². The first kappa shape index (κ1) is 14.6. The lowest BCUT2D eigenvalue weighted by atomic mass is 10.3. The first-order valence-corrected chi connectivity index (χ1v) is 7.86. The van der Waals surface area contributed by atoms with Gasteiger partial charge in [-0.2, -0.15) is 0 Å². The molecule has 0 radical (unpaired) electrons. The fraction of sp³-hybridized carbons (Fsp3) is 0.636. The number of halogens is 2. The van der Waals surface area contributed by atoms with Gasteiger partial charge in [0.1, 0.15) is 0 Å². The zero-order valence-electron chi connectivity index (χ0n) is 9.72. The van der Waals surface area contributed by atoms with E-state index in [-0.39, 0.29) is 0 Å². The van der Waals surface area contributed by atoms with Crippen LogP contribution in [0.15, 0.2) is 13.6 Å². The minimum Gasteiger partial charge on any atom is -0.315 e. The van der Waals surface area contributed by atoms with Crippen LogP contribution in [-0.4, -0.2) is 31.6 Å². The summed E-state index contributed by atoms with van der Waals surface area (Å²) in [5.41, 5.74) is 1.36. The summed E-state index contributed by atoms with van der Waals surface area (Å²) in [6, 6.07) is 2.19. The van der Waals surface area contributed by atoms with Crippen molar-refractivity contribution >= 4 is 43.2 Å². The molecule has 1 aromatic heterocycles. The summed E-state index contributed by atoms with van der Waals surface area (Å²) in [7, 11) is 2.16. The average Bonchev–Trinajstić information content (AvgIpc) is 2.52. The van der Waals surface area contributed by atoms with Gasteiger partial charge in [0.25, 0.3) is 0 Å². The number of likely N-dealkylation sites (N-methyl/N-ethyl adjacent to an activating group) is 1. The fourth-order valence-corrected chi connectivity index (χ4v) is 4.23. The van der Waals surface area contributed by atoms with Crippen LogP contribution in [0.5, 0.6) is 0 Å². The number of nitrogens with zero attached hydrogens (tertiary/aromatic N) is 1. The fourth-order valence-electron chi connectivity index (χ4n) is 1.42. The summed E-state index contributed by atoms with van der Waals surface area (Å²) < 4.78 is 2.42. The Labute approximate surface area is 119 Å². The zero-order chi connectivity index (χ0) is 12.0. The molecular weight excluding hydrogens is 352 g/mol. The Morgan fingerprint density at radius 1 is 1.38 bits per heavy atom. The van der Waals surface area contributed by atoms with Crippen molar-refractivity contribution in [3.63, 3.8) is 0 Å². The molecule has 1 N–H and O–H groups in total. The van der Waals surface area contributed by atoms with Crippen LogP contribution in [0.25, 0.3) is 0 Å². The number of hydrogen-bond donors (Lipinski definition) is 1. The Morgan fingerprint density at radius 2 is 2.12 bits per heavy atom. The van der Waals surface area contributed by atoms with Crippen LogP contribution >= 0.6 is 43.2 Å². The van der Waals surface area contributed by atoms with Crippen LogP contribution < -0.4 is 5.32 Å². The third-order valence-corrected chi connectivity index (χ3v) is 4.73. The molecule has 0 bridgehead atoms. The largest absolute Gasteiger partial charge is 0.315 e. The van der Waals surface area contributed by atoms with Gasteiger partial charge in [-0.1, -0.05) is 6.92 Å². The second kappa shape index (κ2) is 7.82. The van der Waals surface area contributed by atoms with Crippen LogP contribution in [0.2, 0.25) is 0 Å². The van der Waals surface area contributed by atoms with Gasteiger partial charge in [-0.3, -0.25) is 0 Å². The molecule has 0 amide bonds. The van der Waals surface area contributed by atoms with Crippen LogP contribution in [0, 0.1) is 0 Å². The Bertz CT molecular complexity index is 315. The average molecular weight is 370 g/mol. The summed E-state index contributed by atoms with van der Waals surface area (Å²) >= 11 is 8.82. The van der Waals surface area contributed by atoms with Crippen molar-refractivity contribution in [3.05, 3.63) is 19.2 Å². The molecule has 1 aromatic rings. The van der Waals surface area contributed by atoms with E-state index in [4.69, 9.17) is 0 Å². The molecular formula is C11H18Br2N2S. The third-order valence-electron chi connectivity index (χ3n) is 2.26. The number of nitrogens with one attached hydrogen (secondary N) is 1. The van der Waals surface area contributed by atoms with Gasteiger partial charge in [0.2, 0.25) is 0 Å². The van der Waals surface area contributed by atoms with E-state index in [9.17, 15) is 0 Å². The summed E-state index contributed by atoms with van der Waals surface area (Å²) in [4.78, 5) is 2.34. The van der Waals surface area contributed by atoms with E-state index in [0.717, 1.165) is 26.2 Å². The minimum atomic E-state index is 0.997. The normalized spacial score (nSPS) is 11.3. The lowest BCUT2D eigenvalue weighted by molar-refractivity contribution is 0.324. The van der Waals surface area contributed by atoms with Crippen molar-refractivity contribution in [1.82, 2.24) is 10.2 Å². The van der Waals surface area contributed by atoms with Gasteiger partial charge >= 0.3 is 0 Å². The Kier molecular flexibility index (Phi) is 7.16. The molecule has 16 heavy (non-hydrogen) atoms. The zero-order valence-corrected chi connectivity index (χ0v) is 13.7. The maximum Gasteiger partial charge on any atom is 0.0755 e. The molecule has 0 saturated carbocycles. The summed E-state index contributed by atoms with van der Waals surface area (Å²) in [6.07, 6.45) is 1.20. The molecule has 0 aliphatic rings. The van der Waals surface area contributed by atoms with E-state index < -0.39 is 0 Å². The smallest absolute Gasteiger partial charge is 0.0755 e. The van der Waals surface area contributed by atoms with Crippen LogP contribution in [0.4, 0.5) is 0 Å². The van der Waals surface area contributed by atoms with Gasteiger partial charge in [0.15, 0.2) is 0 Å². The standard InChI is InChI=1S/C11H18Br2N2S/c1-3-4-14-5-6-15(2)8-9-7-10(12)16-11(9)13/h7,14H,3-6,8H2,1-2H3. The molecule has 1 rings (SSSR count). The van der Waals surface area contributed by atoms with E-state index in [0.29, 0.717) is 0 Å². The second-order valence-electron chi connectivity index (χ2n) is 3.84. The number of thiophene rings is 1. The minimum absolute atomic E-state index is 0.997. The van der Waals surface area contributed by atoms with Crippen molar-refractivity contribution < 1.29 is 0 Å². The number of hydrogen-bond acceptors (Lipinski definition) is 3. The van der Waals surface area contributed by atoms with Crippen molar-refractivity contribution in [2.75, 3.05) is 26.7 Å². The molecule has 0 fully saturated rings. The predicted molar refractivity (Wildman–Crippen MR) is 79.2 cm³/mol. The second-order valence-corrected chi connectivity index (χ2v) is 7.59. The van der Waals surface area contributed by atoms with Gasteiger partial charge < -0.3 is 10.2 Å². The Hall–Kier alpha value is 0.580. The molecule has 0 unspecified atom stereocenters. The Morgan fingerprint density at radius 3 is 2.69 bits per heavy atom. The van der Waals surface area contributed by atoms with Gasteiger partial charge in [-0.15, -0.1) is 11.3 Å². The molecule has 5 heteroatoms. The van der Waals surface area contributed by atoms with Crippen molar-refractivity contribution in [1.29, 1.82) is 0 Å². The van der Waals surface area contributed by atoms with E-state index in [1.54, 1.807) is 11.3 Å². The maximum atomic E-state index is 3.58. The lowest BCUT2D eigenvalue weighted by Gasteiger charge is -2.16. The van der Waals surface area contributed by atoms with E-state index >= 15 is 0 Å². The highest BCUT2D eigenvalue weighted by Gasteiger charge is 2.07. The summed E-state index contributed by atoms with van der Waals surface area (Å²) in [5, 5.41) is 3.41. The predicted octanol–water partition coefficient (Wildman–Crippen LogP) is 3.70. The van der Waals surface area contributed by atoms with Gasteiger partial charge in [0.05, 0.1) is 7.57 Å². The molecule has 0 aromatic carbocycles. The first-order valence-electron chi connectivity index (χ1n) is 5.46. The van der Waals surface area contributed by atoms with E-state index in [2.05, 4.69) is 62.1 Å². The maximum absolute atomic E-state index is 3.58. The molecule has 0 aliphatic carbocycles. The van der Waals surface area contributed by atoms with Crippen molar-refractivity contribution in [2.45, 2.75) is 19.9 Å². The summed E-state index contributed by atoms with van der Waals surface area (Å²) in [6.45, 7) is 6.45.